The molecule has 6 heteroatoms. The molecule has 0 saturated heterocycles. The molecule has 0 aromatic carbocycles. The summed E-state index contributed by atoms with van der Waals surface area (Å²) in [5.74, 6) is 1.81. The van der Waals surface area contributed by atoms with Gasteiger partial charge in [-0.25, -0.2) is 9.40 Å². The van der Waals surface area contributed by atoms with Crippen LogP contribution in [0.15, 0.2) is 45.4 Å². The predicted molar refractivity (Wildman–Crippen MR) is 122 cm³/mol. The van der Waals surface area contributed by atoms with Gasteiger partial charge in [-0.05, 0) is 43.6 Å². The highest BCUT2D eigenvalue weighted by atomic mass is 19.1. The number of hydrogen-bond acceptors (Lipinski definition) is 4. The molecule has 0 radical (unpaired) electrons. The minimum atomic E-state index is -0.980. The maximum atomic E-state index is 14.4. The highest BCUT2D eigenvalue weighted by Crippen LogP contribution is 2.33. The van der Waals surface area contributed by atoms with E-state index >= 15 is 0 Å². The Kier molecular flexibility index (Phi) is 6.56. The summed E-state index contributed by atoms with van der Waals surface area (Å²) in [6.45, 7) is 8.76. The summed E-state index contributed by atoms with van der Waals surface area (Å²) in [4.78, 5) is 4.77. The van der Waals surface area contributed by atoms with Gasteiger partial charge in [0.15, 0.2) is 11.6 Å². The van der Waals surface area contributed by atoms with Gasteiger partial charge in [0.25, 0.3) is 0 Å². The molecule has 1 aromatic heterocycles. The Morgan fingerprint density at radius 3 is 2.73 bits per heavy atom. The monoisotopic (exact) mass is 414 g/mol. The average Bonchev–Trinajstić information content (AvgIpc) is 3.21. The van der Waals surface area contributed by atoms with Crippen molar-refractivity contribution in [1.29, 1.82) is 0 Å². The van der Waals surface area contributed by atoms with E-state index < -0.39 is 11.6 Å². The number of nitrogens with two attached hydrogens (primary N) is 1. The lowest BCUT2D eigenvalue weighted by Crippen LogP contribution is -2.29. The van der Waals surface area contributed by atoms with Gasteiger partial charge in [-0.1, -0.05) is 39.3 Å². The van der Waals surface area contributed by atoms with E-state index in [0.29, 0.717) is 18.0 Å². The van der Waals surface area contributed by atoms with Crippen LogP contribution in [0, 0.1) is 12.3 Å². The van der Waals surface area contributed by atoms with Crippen LogP contribution >= 0.6 is 0 Å². The summed E-state index contributed by atoms with van der Waals surface area (Å²) in [5, 5.41) is 4.23. The summed E-state index contributed by atoms with van der Waals surface area (Å²) in [7, 11) is 4.08. The van der Waals surface area contributed by atoms with Crippen LogP contribution in [-0.2, 0) is 0 Å². The van der Waals surface area contributed by atoms with E-state index in [1.165, 1.54) is 0 Å². The zero-order valence-electron chi connectivity index (χ0n) is 19.1. The molecule has 30 heavy (non-hydrogen) atoms. The quantitative estimate of drug-likeness (QED) is 0.512. The minimum Gasteiger partial charge on any atom is -0.457 e. The van der Waals surface area contributed by atoms with Crippen molar-refractivity contribution in [3.05, 3.63) is 53.0 Å². The number of amidine groups is 1. The molecule has 0 spiro atoms. The third kappa shape index (κ3) is 4.69. The fraction of sp³-hybridized carbons (Fsp3) is 0.542. The van der Waals surface area contributed by atoms with Crippen LogP contribution in [0.3, 0.4) is 0 Å². The lowest BCUT2D eigenvalue weighted by Gasteiger charge is -2.27. The first-order valence-corrected chi connectivity index (χ1v) is 10.8. The average molecular weight is 415 g/mol. The molecule has 2 heterocycles. The topological polar surface area (TPSA) is 58.0 Å². The number of hydrogen-bond donors (Lipinski definition) is 1. The van der Waals surface area contributed by atoms with Crippen LogP contribution in [0.2, 0.25) is 0 Å². The molecule has 0 bridgehead atoms. The van der Waals surface area contributed by atoms with Crippen LogP contribution in [-0.4, -0.2) is 48.7 Å². The molecule has 2 aliphatic rings. The number of hydrazine groups is 1. The van der Waals surface area contributed by atoms with Gasteiger partial charge in [0.1, 0.15) is 11.9 Å². The number of alkyl halides is 1. The van der Waals surface area contributed by atoms with Crippen molar-refractivity contribution in [2.45, 2.75) is 59.2 Å². The Hall–Kier alpha value is -2.34. The number of halogens is 1. The van der Waals surface area contributed by atoms with Gasteiger partial charge < -0.3 is 15.2 Å². The third-order valence-corrected chi connectivity index (χ3v) is 6.07. The third-order valence-electron chi connectivity index (χ3n) is 6.07. The van der Waals surface area contributed by atoms with Crippen LogP contribution < -0.4 is 5.73 Å². The number of nitrogens with zero attached hydrogens (tertiary/aromatic N) is 3. The molecular weight excluding hydrogens is 379 g/mol. The molecule has 0 saturated carbocycles. The molecule has 2 atom stereocenters. The zero-order chi connectivity index (χ0) is 22.1. The van der Waals surface area contributed by atoms with Gasteiger partial charge >= 0.3 is 0 Å². The van der Waals surface area contributed by atoms with Crippen molar-refractivity contribution in [2.24, 2.45) is 16.1 Å². The second-order valence-electron chi connectivity index (χ2n) is 8.99. The van der Waals surface area contributed by atoms with Crippen molar-refractivity contribution in [3.63, 3.8) is 0 Å². The van der Waals surface area contributed by atoms with E-state index in [0.717, 1.165) is 42.0 Å². The van der Waals surface area contributed by atoms with Crippen molar-refractivity contribution < 1.29 is 8.81 Å². The summed E-state index contributed by atoms with van der Waals surface area (Å²) in [6, 6.07) is 1.96. The molecule has 1 unspecified atom stereocenters. The number of likely N-dealkylation sites (N-methyl/N-ethyl adjacent to an activating group) is 1. The van der Waals surface area contributed by atoms with Gasteiger partial charge in [0, 0.05) is 31.6 Å². The standard InChI is InChI=1S/C24H35FN4O/c1-7-8-18(13-17-9-11-24(3,4)22(25)14-17)27-23(26)21-15-19(16(2)30-21)20-10-12-28(5)29(20)6/h9-11,14-15,18,22H,7-8,12-13H2,1-6H3,(H2,26,27)/t18-,22?/m1/s1. The van der Waals surface area contributed by atoms with Crippen molar-refractivity contribution in [2.75, 3.05) is 20.6 Å². The van der Waals surface area contributed by atoms with Crippen molar-refractivity contribution >= 4 is 11.5 Å². The molecule has 1 aliphatic heterocycles. The lowest BCUT2D eigenvalue weighted by molar-refractivity contribution is 0.128. The number of aliphatic imine (C=N–C) groups is 1. The first-order valence-electron chi connectivity index (χ1n) is 10.8. The molecule has 164 valence electrons. The smallest absolute Gasteiger partial charge is 0.169 e. The van der Waals surface area contributed by atoms with Gasteiger partial charge in [0.05, 0.1) is 11.7 Å². The minimum absolute atomic E-state index is 0.00679. The molecule has 0 amide bonds. The summed E-state index contributed by atoms with van der Waals surface area (Å²) < 4.78 is 20.4. The van der Waals surface area contributed by atoms with Crippen LogP contribution in [0.5, 0.6) is 0 Å². The second-order valence-corrected chi connectivity index (χ2v) is 8.99. The van der Waals surface area contributed by atoms with Crippen LogP contribution in [0.4, 0.5) is 4.39 Å². The Balaban J connectivity index is 1.79. The number of allylic oxidation sites excluding steroid dienone is 3. The highest BCUT2D eigenvalue weighted by Gasteiger charge is 2.28. The summed E-state index contributed by atoms with van der Waals surface area (Å²) >= 11 is 0. The van der Waals surface area contributed by atoms with Crippen LogP contribution in [0.25, 0.3) is 5.70 Å². The zero-order valence-corrected chi connectivity index (χ0v) is 19.1. The van der Waals surface area contributed by atoms with Crippen molar-refractivity contribution in [3.8, 4) is 0 Å². The molecule has 3 rings (SSSR count). The number of aryl methyl sites for hydroxylation is 1. The molecule has 1 aliphatic carbocycles. The van der Waals surface area contributed by atoms with Crippen molar-refractivity contribution in [1.82, 2.24) is 10.0 Å². The molecule has 0 fully saturated rings. The van der Waals surface area contributed by atoms with Gasteiger partial charge in [-0.15, -0.1) is 0 Å². The predicted octanol–water partition coefficient (Wildman–Crippen LogP) is 4.85. The lowest BCUT2D eigenvalue weighted by atomic mass is 9.81. The maximum absolute atomic E-state index is 14.4. The normalized spacial score (nSPS) is 23.0. The fourth-order valence-electron chi connectivity index (χ4n) is 3.89. The fourth-order valence-corrected chi connectivity index (χ4v) is 3.89. The number of furan rings is 1. The van der Waals surface area contributed by atoms with Gasteiger partial charge in [-0.3, -0.25) is 4.99 Å². The Labute approximate surface area is 179 Å². The molecule has 1 aromatic rings. The van der Waals surface area contributed by atoms with E-state index in [-0.39, 0.29) is 6.04 Å². The second kappa shape index (κ2) is 8.80. The van der Waals surface area contributed by atoms with Gasteiger partial charge in [0.2, 0.25) is 0 Å². The van der Waals surface area contributed by atoms with E-state index in [2.05, 4.69) is 23.0 Å². The van der Waals surface area contributed by atoms with E-state index in [1.807, 2.05) is 53.1 Å². The SMILES string of the molecule is CCC[C@H](CC1=CC(F)C(C)(C)C=C1)N=C(N)c1cc(C2=CCN(C)N2C)c(C)o1. The Morgan fingerprint density at radius 2 is 2.13 bits per heavy atom. The molecular formula is C24H35FN4O. The summed E-state index contributed by atoms with van der Waals surface area (Å²) in [6.07, 6.45) is 9.44. The van der Waals surface area contributed by atoms with E-state index in [4.69, 9.17) is 15.1 Å². The Morgan fingerprint density at radius 1 is 1.40 bits per heavy atom. The first-order chi connectivity index (χ1) is 14.1. The van der Waals surface area contributed by atoms with Crippen LogP contribution in [0.1, 0.15) is 57.1 Å². The molecule has 5 nitrogen and oxygen atoms in total. The maximum Gasteiger partial charge on any atom is 0.169 e. The van der Waals surface area contributed by atoms with E-state index in [1.54, 1.807) is 6.08 Å². The molecule has 2 N–H and O–H groups in total. The first kappa shape index (κ1) is 22.3. The van der Waals surface area contributed by atoms with E-state index in [9.17, 15) is 4.39 Å². The van der Waals surface area contributed by atoms with Gasteiger partial charge in [-0.2, -0.15) is 0 Å². The largest absolute Gasteiger partial charge is 0.457 e. The number of rotatable bonds is 7. The Bertz CT molecular complexity index is 893. The summed E-state index contributed by atoms with van der Waals surface area (Å²) in [5.41, 5.74) is 9.01. The highest BCUT2D eigenvalue weighted by molar-refractivity contribution is 5.96.